The van der Waals surface area contributed by atoms with Gasteiger partial charge in [-0.25, -0.2) is 0 Å². The first-order chi connectivity index (χ1) is 10.6. The zero-order chi connectivity index (χ0) is 15.5. The van der Waals surface area contributed by atoms with Crippen LogP contribution in [0.25, 0.3) is 0 Å². The van der Waals surface area contributed by atoms with E-state index < -0.39 is 0 Å². The Labute approximate surface area is 131 Å². The number of carbonyl (C=O) groups excluding carboxylic acids is 1. The summed E-state index contributed by atoms with van der Waals surface area (Å²) in [5, 5.41) is 0. The van der Waals surface area contributed by atoms with E-state index in [-0.39, 0.29) is 12.0 Å². The summed E-state index contributed by atoms with van der Waals surface area (Å²) in [6, 6.07) is 3.68. The van der Waals surface area contributed by atoms with Gasteiger partial charge in [-0.2, -0.15) is 0 Å². The molecule has 2 N–H and O–H groups in total. The Balaban J connectivity index is 1.64. The van der Waals surface area contributed by atoms with E-state index in [9.17, 15) is 4.79 Å². The SMILES string of the molecule is Cc1cc(N)cc(C2CN(C(=O)CN3CCCC3)CCO2)n1. The average molecular weight is 304 g/mol. The molecule has 22 heavy (non-hydrogen) atoms. The predicted molar refractivity (Wildman–Crippen MR) is 84.3 cm³/mol. The van der Waals surface area contributed by atoms with E-state index in [1.807, 2.05) is 24.0 Å². The Kier molecular flexibility index (Phi) is 4.59. The van der Waals surface area contributed by atoms with E-state index >= 15 is 0 Å². The molecule has 6 heteroatoms. The predicted octanol–water partition coefficient (Wildman–Crippen LogP) is 0.968. The van der Waals surface area contributed by atoms with Crippen LogP contribution in [0.1, 0.15) is 30.3 Å². The van der Waals surface area contributed by atoms with Gasteiger partial charge in [0.25, 0.3) is 0 Å². The lowest BCUT2D eigenvalue weighted by molar-refractivity contribution is -0.140. The zero-order valence-corrected chi connectivity index (χ0v) is 13.1. The van der Waals surface area contributed by atoms with Gasteiger partial charge in [0.15, 0.2) is 0 Å². The number of nitrogen functional groups attached to an aromatic ring is 1. The van der Waals surface area contributed by atoms with Gasteiger partial charge in [0.1, 0.15) is 6.10 Å². The molecule has 1 aromatic rings. The van der Waals surface area contributed by atoms with Crippen LogP contribution < -0.4 is 5.73 Å². The summed E-state index contributed by atoms with van der Waals surface area (Å²) < 4.78 is 5.80. The summed E-state index contributed by atoms with van der Waals surface area (Å²) in [5.74, 6) is 0.191. The topological polar surface area (TPSA) is 71.7 Å². The van der Waals surface area contributed by atoms with E-state index in [0.717, 1.165) is 24.5 Å². The Hall–Kier alpha value is -1.66. The van der Waals surface area contributed by atoms with Crippen LogP contribution in [0, 0.1) is 6.92 Å². The number of amides is 1. The summed E-state index contributed by atoms with van der Waals surface area (Å²) in [7, 11) is 0. The van der Waals surface area contributed by atoms with Gasteiger partial charge < -0.3 is 15.4 Å². The van der Waals surface area contributed by atoms with Crippen molar-refractivity contribution < 1.29 is 9.53 Å². The van der Waals surface area contributed by atoms with Crippen molar-refractivity contribution in [3.05, 3.63) is 23.5 Å². The minimum absolute atomic E-state index is 0.182. The van der Waals surface area contributed by atoms with Gasteiger partial charge >= 0.3 is 0 Å². The monoisotopic (exact) mass is 304 g/mol. The smallest absolute Gasteiger partial charge is 0.236 e. The minimum atomic E-state index is -0.182. The molecular weight excluding hydrogens is 280 g/mol. The molecule has 3 rings (SSSR count). The number of morpholine rings is 1. The average Bonchev–Trinajstić information content (AvgIpc) is 2.99. The maximum Gasteiger partial charge on any atom is 0.236 e. The molecule has 120 valence electrons. The van der Waals surface area contributed by atoms with E-state index in [1.165, 1.54) is 12.8 Å². The molecule has 2 aliphatic heterocycles. The number of hydrogen-bond acceptors (Lipinski definition) is 5. The highest BCUT2D eigenvalue weighted by molar-refractivity contribution is 5.78. The molecule has 0 aromatic carbocycles. The molecule has 1 aromatic heterocycles. The first-order valence-electron chi connectivity index (χ1n) is 7.97. The number of hydrogen-bond donors (Lipinski definition) is 1. The van der Waals surface area contributed by atoms with Gasteiger partial charge in [-0.1, -0.05) is 0 Å². The highest BCUT2D eigenvalue weighted by Crippen LogP contribution is 2.23. The van der Waals surface area contributed by atoms with Crippen LogP contribution in [0.4, 0.5) is 5.69 Å². The molecule has 0 aliphatic carbocycles. The van der Waals surface area contributed by atoms with Crippen molar-refractivity contribution >= 4 is 11.6 Å². The summed E-state index contributed by atoms with van der Waals surface area (Å²) >= 11 is 0. The van der Waals surface area contributed by atoms with Crippen LogP contribution in [-0.4, -0.2) is 60.0 Å². The van der Waals surface area contributed by atoms with E-state index in [2.05, 4.69) is 9.88 Å². The van der Waals surface area contributed by atoms with Crippen molar-refractivity contribution in [3.63, 3.8) is 0 Å². The second-order valence-electron chi connectivity index (χ2n) is 6.15. The molecular formula is C16H24N4O2. The van der Waals surface area contributed by atoms with Gasteiger partial charge in [0.2, 0.25) is 5.91 Å². The van der Waals surface area contributed by atoms with Crippen molar-refractivity contribution in [2.45, 2.75) is 25.9 Å². The molecule has 1 amide bonds. The quantitative estimate of drug-likeness (QED) is 0.901. The second kappa shape index (κ2) is 6.62. The first-order valence-corrected chi connectivity index (χ1v) is 7.97. The summed E-state index contributed by atoms with van der Waals surface area (Å²) in [6.07, 6.45) is 2.22. The number of rotatable bonds is 3. The van der Waals surface area contributed by atoms with Crippen LogP contribution in [0.2, 0.25) is 0 Å². The standard InChI is InChI=1S/C16H24N4O2/c1-12-8-13(17)9-14(18-12)15-10-20(6-7-22-15)16(21)11-19-4-2-3-5-19/h8-9,15H,2-7,10-11H2,1H3,(H2,17,18). The summed E-state index contributed by atoms with van der Waals surface area (Å²) in [5.41, 5.74) is 8.26. The number of aryl methyl sites for hydroxylation is 1. The van der Waals surface area contributed by atoms with E-state index in [0.29, 0.717) is 31.9 Å². The molecule has 0 bridgehead atoms. The summed E-state index contributed by atoms with van der Waals surface area (Å²) in [4.78, 5) is 21.1. The lowest BCUT2D eigenvalue weighted by atomic mass is 10.1. The van der Waals surface area contributed by atoms with E-state index in [1.54, 1.807) is 0 Å². The van der Waals surface area contributed by atoms with Crippen molar-refractivity contribution in [2.75, 3.05) is 45.1 Å². The fourth-order valence-electron chi connectivity index (χ4n) is 3.17. The van der Waals surface area contributed by atoms with Crippen molar-refractivity contribution in [1.82, 2.24) is 14.8 Å². The Morgan fingerprint density at radius 2 is 2.14 bits per heavy atom. The van der Waals surface area contributed by atoms with Crippen LogP contribution in [-0.2, 0) is 9.53 Å². The van der Waals surface area contributed by atoms with Gasteiger partial charge in [-0.3, -0.25) is 14.7 Å². The second-order valence-corrected chi connectivity index (χ2v) is 6.15. The molecule has 0 radical (unpaired) electrons. The number of anilines is 1. The third kappa shape index (κ3) is 3.56. The van der Waals surface area contributed by atoms with Crippen LogP contribution in [0.5, 0.6) is 0 Å². The molecule has 2 fully saturated rings. The highest BCUT2D eigenvalue weighted by atomic mass is 16.5. The number of carbonyl (C=O) groups is 1. The summed E-state index contributed by atoms with van der Waals surface area (Å²) in [6.45, 7) is 6.28. The third-order valence-electron chi connectivity index (χ3n) is 4.30. The maximum atomic E-state index is 12.4. The zero-order valence-electron chi connectivity index (χ0n) is 13.1. The van der Waals surface area contributed by atoms with Crippen molar-refractivity contribution in [3.8, 4) is 0 Å². The first kappa shape index (κ1) is 15.2. The fourth-order valence-corrected chi connectivity index (χ4v) is 3.17. The molecule has 0 saturated carbocycles. The molecule has 0 spiro atoms. The van der Waals surface area contributed by atoms with Crippen LogP contribution in [0.15, 0.2) is 12.1 Å². The molecule has 1 unspecified atom stereocenters. The normalized spacial score (nSPS) is 23.0. The molecule has 3 heterocycles. The number of ether oxygens (including phenoxy) is 1. The number of pyridine rings is 1. The van der Waals surface area contributed by atoms with Crippen molar-refractivity contribution in [1.29, 1.82) is 0 Å². The molecule has 2 saturated heterocycles. The van der Waals surface area contributed by atoms with Gasteiger partial charge in [0.05, 0.1) is 25.4 Å². The number of likely N-dealkylation sites (tertiary alicyclic amines) is 1. The lowest BCUT2D eigenvalue weighted by Crippen LogP contribution is -2.46. The Bertz CT molecular complexity index is 523. The largest absolute Gasteiger partial charge is 0.399 e. The minimum Gasteiger partial charge on any atom is -0.399 e. The number of aromatic nitrogens is 1. The van der Waals surface area contributed by atoms with Crippen LogP contribution >= 0.6 is 0 Å². The van der Waals surface area contributed by atoms with Gasteiger partial charge in [-0.15, -0.1) is 0 Å². The van der Waals surface area contributed by atoms with Crippen molar-refractivity contribution in [2.24, 2.45) is 0 Å². The maximum absolute atomic E-state index is 12.4. The van der Waals surface area contributed by atoms with Crippen LogP contribution in [0.3, 0.4) is 0 Å². The fraction of sp³-hybridized carbons (Fsp3) is 0.625. The number of nitrogens with two attached hydrogens (primary N) is 1. The van der Waals surface area contributed by atoms with E-state index in [4.69, 9.17) is 10.5 Å². The number of nitrogens with zero attached hydrogens (tertiary/aromatic N) is 3. The molecule has 2 aliphatic rings. The van der Waals surface area contributed by atoms with Gasteiger partial charge in [0, 0.05) is 17.9 Å². The Morgan fingerprint density at radius 1 is 1.36 bits per heavy atom. The third-order valence-corrected chi connectivity index (χ3v) is 4.30. The molecule has 1 atom stereocenters. The lowest BCUT2D eigenvalue weighted by Gasteiger charge is -2.33. The molecule has 6 nitrogen and oxygen atoms in total. The van der Waals surface area contributed by atoms with Gasteiger partial charge in [-0.05, 0) is 45.0 Å². The highest BCUT2D eigenvalue weighted by Gasteiger charge is 2.28. The Morgan fingerprint density at radius 3 is 2.86 bits per heavy atom.